The Kier molecular flexibility index (Phi) is 2.92. The van der Waals surface area contributed by atoms with Crippen molar-refractivity contribution >= 4 is 29.3 Å². The topological polar surface area (TPSA) is 40.5 Å². The molecule has 0 aliphatic carbocycles. The van der Waals surface area contributed by atoms with E-state index in [9.17, 15) is 4.79 Å². The molecule has 1 aromatic carbocycles. The lowest BCUT2D eigenvalue weighted by molar-refractivity contribution is 0.00926. The number of rotatable bonds is 1. The van der Waals surface area contributed by atoms with Gasteiger partial charge in [0.25, 0.3) is 5.91 Å². The molecule has 0 unspecified atom stereocenters. The van der Waals surface area contributed by atoms with E-state index in [2.05, 4.69) is 0 Å². The van der Waals surface area contributed by atoms with Crippen LogP contribution in [0.1, 0.15) is 10.4 Å². The molecule has 64 valence electrons. The van der Waals surface area contributed by atoms with Crippen LogP contribution in [-0.4, -0.2) is 15.7 Å². The first-order chi connectivity index (χ1) is 5.63. The van der Waals surface area contributed by atoms with Gasteiger partial charge in [-0.3, -0.25) is 10.0 Å². The minimum Gasteiger partial charge on any atom is -0.270 e. The highest BCUT2D eigenvalue weighted by Gasteiger charge is 2.13. The minimum atomic E-state index is -0.748. The van der Waals surface area contributed by atoms with Crippen molar-refractivity contribution in [3.63, 3.8) is 0 Å². The van der Waals surface area contributed by atoms with E-state index in [0.29, 0.717) is 0 Å². The quantitative estimate of drug-likeness (QED) is 0.435. The SMILES string of the molecule is O=C(c1ccccc1Cl)N(O)Cl. The van der Waals surface area contributed by atoms with Crippen LogP contribution < -0.4 is 0 Å². The summed E-state index contributed by atoms with van der Waals surface area (Å²) in [6, 6.07) is 6.31. The van der Waals surface area contributed by atoms with E-state index in [4.69, 9.17) is 28.6 Å². The largest absolute Gasteiger partial charge is 0.294 e. The second kappa shape index (κ2) is 3.76. The van der Waals surface area contributed by atoms with Crippen LogP contribution in [0.2, 0.25) is 5.02 Å². The van der Waals surface area contributed by atoms with Gasteiger partial charge in [-0.05, 0) is 12.1 Å². The number of nitrogens with zero attached hydrogens (tertiary/aromatic N) is 1. The van der Waals surface area contributed by atoms with E-state index < -0.39 is 5.91 Å². The molecular formula is C7H5Cl2NO2. The molecule has 0 saturated heterocycles. The van der Waals surface area contributed by atoms with Gasteiger partial charge in [0.15, 0.2) is 0 Å². The molecule has 1 amide bonds. The van der Waals surface area contributed by atoms with E-state index in [0.717, 1.165) is 0 Å². The number of benzene rings is 1. The van der Waals surface area contributed by atoms with Gasteiger partial charge < -0.3 is 0 Å². The fraction of sp³-hybridized carbons (Fsp3) is 0. The van der Waals surface area contributed by atoms with Crippen molar-refractivity contribution in [2.45, 2.75) is 0 Å². The van der Waals surface area contributed by atoms with Crippen LogP contribution in [0.15, 0.2) is 24.3 Å². The smallest absolute Gasteiger partial charge is 0.270 e. The zero-order chi connectivity index (χ0) is 9.14. The number of carbonyl (C=O) groups is 1. The maximum atomic E-state index is 11.0. The molecule has 12 heavy (non-hydrogen) atoms. The molecule has 0 aromatic heterocycles. The summed E-state index contributed by atoms with van der Waals surface area (Å²) < 4.78 is -0.0266. The third-order valence-electron chi connectivity index (χ3n) is 1.27. The molecule has 0 saturated carbocycles. The fourth-order valence-electron chi connectivity index (χ4n) is 0.734. The van der Waals surface area contributed by atoms with E-state index in [1.54, 1.807) is 12.1 Å². The molecule has 0 spiro atoms. The normalized spacial score (nSPS) is 9.58. The summed E-state index contributed by atoms with van der Waals surface area (Å²) in [5, 5.41) is 8.84. The van der Waals surface area contributed by atoms with Crippen LogP contribution >= 0.6 is 23.4 Å². The van der Waals surface area contributed by atoms with Crippen molar-refractivity contribution in [3.05, 3.63) is 34.9 Å². The third kappa shape index (κ3) is 1.88. The molecule has 0 aliphatic rings. The van der Waals surface area contributed by atoms with Crippen molar-refractivity contribution in [1.82, 2.24) is 4.58 Å². The second-order valence-electron chi connectivity index (χ2n) is 2.05. The third-order valence-corrected chi connectivity index (χ3v) is 1.75. The van der Waals surface area contributed by atoms with E-state index >= 15 is 0 Å². The van der Waals surface area contributed by atoms with E-state index in [1.165, 1.54) is 12.1 Å². The van der Waals surface area contributed by atoms with Crippen LogP contribution in [-0.2, 0) is 0 Å². The number of halogens is 2. The highest BCUT2D eigenvalue weighted by molar-refractivity contribution is 6.35. The van der Waals surface area contributed by atoms with Crippen molar-refractivity contribution in [3.8, 4) is 0 Å². The van der Waals surface area contributed by atoms with Gasteiger partial charge in [-0.1, -0.05) is 23.7 Å². The first kappa shape index (κ1) is 9.32. The number of hydrogen-bond acceptors (Lipinski definition) is 2. The highest BCUT2D eigenvalue weighted by atomic mass is 35.5. The Bertz CT molecular complexity index is 301. The van der Waals surface area contributed by atoms with Gasteiger partial charge in [0.05, 0.1) is 10.6 Å². The van der Waals surface area contributed by atoms with Crippen molar-refractivity contribution < 1.29 is 10.0 Å². The lowest BCUT2D eigenvalue weighted by atomic mass is 10.2. The second-order valence-corrected chi connectivity index (χ2v) is 2.77. The fourth-order valence-corrected chi connectivity index (χ4v) is 1.04. The van der Waals surface area contributed by atoms with Crippen molar-refractivity contribution in [1.29, 1.82) is 0 Å². The standard InChI is InChI=1S/C7H5Cl2NO2/c8-6-4-2-1-3-5(6)7(11)10(9)12/h1-4,12H. The van der Waals surface area contributed by atoms with Crippen LogP contribution in [0.5, 0.6) is 0 Å². The number of hydroxylamine groups is 1. The van der Waals surface area contributed by atoms with Gasteiger partial charge in [0.2, 0.25) is 0 Å². The first-order valence-electron chi connectivity index (χ1n) is 3.06. The molecule has 1 aromatic rings. The van der Waals surface area contributed by atoms with Crippen molar-refractivity contribution in [2.24, 2.45) is 0 Å². The zero-order valence-corrected chi connectivity index (χ0v) is 7.38. The van der Waals surface area contributed by atoms with Crippen molar-refractivity contribution in [2.75, 3.05) is 0 Å². The molecular weight excluding hydrogens is 201 g/mol. The predicted octanol–water partition coefficient (Wildman–Crippen LogP) is 2.33. The number of amides is 1. The first-order valence-corrected chi connectivity index (χ1v) is 3.78. The highest BCUT2D eigenvalue weighted by Crippen LogP contribution is 2.16. The van der Waals surface area contributed by atoms with Gasteiger partial charge in [-0.2, -0.15) is 0 Å². The molecule has 3 nitrogen and oxygen atoms in total. The van der Waals surface area contributed by atoms with Gasteiger partial charge >= 0.3 is 0 Å². The lowest BCUT2D eigenvalue weighted by Gasteiger charge is -2.05. The molecule has 0 fully saturated rings. The maximum absolute atomic E-state index is 11.0. The van der Waals surface area contributed by atoms with Crippen LogP contribution in [0.3, 0.4) is 0 Å². The summed E-state index contributed by atoms with van der Waals surface area (Å²) in [5.41, 5.74) is 0.164. The average molecular weight is 206 g/mol. The van der Waals surface area contributed by atoms with Crippen LogP contribution in [0, 0.1) is 0 Å². The Morgan fingerprint density at radius 3 is 2.50 bits per heavy atom. The Labute approximate surface area is 79.2 Å². The molecule has 0 atom stereocenters. The average Bonchev–Trinajstić information content (AvgIpc) is 2.04. The molecule has 0 bridgehead atoms. The summed E-state index contributed by atoms with van der Waals surface area (Å²) in [5.74, 6) is -0.748. The van der Waals surface area contributed by atoms with Crippen LogP contribution in [0.25, 0.3) is 0 Å². The predicted molar refractivity (Wildman–Crippen MR) is 45.3 cm³/mol. The van der Waals surface area contributed by atoms with Gasteiger partial charge in [-0.15, -0.1) is 4.58 Å². The Balaban J connectivity index is 3.03. The number of hydrogen-bond donors (Lipinski definition) is 1. The van der Waals surface area contributed by atoms with Gasteiger partial charge in [-0.25, -0.2) is 0 Å². The van der Waals surface area contributed by atoms with E-state index in [-0.39, 0.29) is 15.2 Å². The summed E-state index contributed by atoms with van der Waals surface area (Å²) in [4.78, 5) is 11.0. The number of carbonyl (C=O) groups excluding carboxylic acids is 1. The Morgan fingerprint density at radius 1 is 1.42 bits per heavy atom. The summed E-state index contributed by atoms with van der Waals surface area (Å²) >= 11 is 10.7. The molecule has 1 rings (SSSR count). The molecule has 1 N–H and O–H groups in total. The Morgan fingerprint density at radius 2 is 2.00 bits per heavy atom. The minimum absolute atomic E-state index is 0.0266. The van der Waals surface area contributed by atoms with Crippen LogP contribution in [0.4, 0.5) is 0 Å². The van der Waals surface area contributed by atoms with Gasteiger partial charge in [0, 0.05) is 11.8 Å². The monoisotopic (exact) mass is 205 g/mol. The Hall–Kier alpha value is -0.770. The molecule has 0 aliphatic heterocycles. The summed E-state index contributed by atoms with van der Waals surface area (Å²) in [6.45, 7) is 0. The molecule has 5 heteroatoms. The van der Waals surface area contributed by atoms with E-state index in [1.807, 2.05) is 0 Å². The summed E-state index contributed by atoms with van der Waals surface area (Å²) in [6.07, 6.45) is 0. The summed E-state index contributed by atoms with van der Waals surface area (Å²) in [7, 11) is 0. The molecule has 0 radical (unpaired) electrons. The van der Waals surface area contributed by atoms with Gasteiger partial charge in [0.1, 0.15) is 0 Å². The zero-order valence-electron chi connectivity index (χ0n) is 5.87. The maximum Gasteiger partial charge on any atom is 0.294 e. The lowest BCUT2D eigenvalue weighted by Crippen LogP contribution is -2.17. The molecule has 0 heterocycles.